The standard InChI is InChI=1S/C17H17N7O3/c1-17(8-7-12-5-3-2-4-6-12)15(26)24(16(27)20-17)22-14(25)10-23-11-19-13(9-18)21-23/h2-6,11H,7-8,10H2,1H3,(H,20,27)(H,22,25)/t17-/m1/s1. The molecule has 138 valence electrons. The maximum Gasteiger partial charge on any atom is 0.344 e. The molecule has 4 amide bonds. The average Bonchev–Trinajstić information content (AvgIpc) is 3.19. The smallest absolute Gasteiger partial charge is 0.322 e. The predicted octanol–water partition coefficient (Wildman–Crippen LogP) is 0.124. The predicted molar refractivity (Wildman–Crippen MR) is 91.4 cm³/mol. The van der Waals surface area contributed by atoms with Crippen LogP contribution in [-0.2, 0) is 22.6 Å². The number of nitrogens with zero attached hydrogens (tertiary/aromatic N) is 5. The Hall–Kier alpha value is -3.74. The molecule has 0 aliphatic carbocycles. The first-order valence-corrected chi connectivity index (χ1v) is 8.21. The minimum absolute atomic E-state index is 0.0775. The van der Waals surface area contributed by atoms with Gasteiger partial charge in [-0.3, -0.25) is 15.0 Å². The number of hydrogen-bond donors (Lipinski definition) is 2. The van der Waals surface area contributed by atoms with Crippen molar-refractivity contribution in [3.63, 3.8) is 0 Å². The van der Waals surface area contributed by atoms with Gasteiger partial charge in [-0.05, 0) is 25.3 Å². The van der Waals surface area contributed by atoms with Gasteiger partial charge in [-0.25, -0.2) is 14.5 Å². The number of amides is 4. The van der Waals surface area contributed by atoms with E-state index in [1.165, 1.54) is 6.33 Å². The number of urea groups is 1. The summed E-state index contributed by atoms with van der Waals surface area (Å²) in [6, 6.07) is 10.6. The average molecular weight is 367 g/mol. The van der Waals surface area contributed by atoms with Gasteiger partial charge in [-0.1, -0.05) is 30.3 Å². The fraction of sp³-hybridized carbons (Fsp3) is 0.294. The zero-order valence-corrected chi connectivity index (χ0v) is 14.5. The largest absolute Gasteiger partial charge is 0.344 e. The second-order valence-corrected chi connectivity index (χ2v) is 6.30. The molecule has 0 radical (unpaired) electrons. The lowest BCUT2D eigenvalue weighted by molar-refractivity contribution is -0.139. The molecule has 0 bridgehead atoms. The molecule has 10 heteroatoms. The first-order chi connectivity index (χ1) is 12.9. The van der Waals surface area contributed by atoms with Crippen molar-refractivity contribution in [1.82, 2.24) is 30.5 Å². The van der Waals surface area contributed by atoms with E-state index in [4.69, 9.17) is 5.26 Å². The van der Waals surface area contributed by atoms with E-state index in [0.717, 1.165) is 10.2 Å². The summed E-state index contributed by atoms with van der Waals surface area (Å²) in [4.78, 5) is 40.6. The molecule has 1 fully saturated rings. The molecule has 1 aliphatic rings. The van der Waals surface area contributed by atoms with Crippen molar-refractivity contribution >= 4 is 17.8 Å². The second kappa shape index (κ2) is 7.25. The highest BCUT2D eigenvalue weighted by atomic mass is 16.2. The minimum Gasteiger partial charge on any atom is -0.322 e. The number of nitriles is 1. The third-order valence-corrected chi connectivity index (χ3v) is 4.20. The van der Waals surface area contributed by atoms with E-state index in [-0.39, 0.29) is 12.4 Å². The Kier molecular flexibility index (Phi) is 4.85. The van der Waals surface area contributed by atoms with E-state index >= 15 is 0 Å². The highest BCUT2D eigenvalue weighted by molar-refractivity contribution is 6.07. The Balaban J connectivity index is 1.61. The molecule has 0 unspecified atom stereocenters. The zero-order chi connectivity index (χ0) is 19.4. The van der Waals surface area contributed by atoms with Gasteiger partial charge in [-0.15, -0.1) is 5.10 Å². The molecule has 0 saturated carbocycles. The Bertz CT molecular complexity index is 918. The Morgan fingerprint density at radius 1 is 1.33 bits per heavy atom. The quantitative estimate of drug-likeness (QED) is 0.697. The van der Waals surface area contributed by atoms with Crippen molar-refractivity contribution in [3.05, 3.63) is 48.0 Å². The molecule has 2 heterocycles. The van der Waals surface area contributed by atoms with Crippen LogP contribution in [0.5, 0.6) is 0 Å². The van der Waals surface area contributed by atoms with Crippen molar-refractivity contribution in [1.29, 1.82) is 5.26 Å². The highest BCUT2D eigenvalue weighted by Crippen LogP contribution is 2.22. The van der Waals surface area contributed by atoms with Gasteiger partial charge in [-0.2, -0.15) is 10.3 Å². The lowest BCUT2D eigenvalue weighted by Crippen LogP contribution is -2.49. The van der Waals surface area contributed by atoms with Crippen molar-refractivity contribution in [2.75, 3.05) is 0 Å². The number of hydrogen-bond acceptors (Lipinski definition) is 6. The number of aromatic nitrogens is 3. The van der Waals surface area contributed by atoms with Crippen LogP contribution in [0.25, 0.3) is 0 Å². The van der Waals surface area contributed by atoms with Gasteiger partial charge >= 0.3 is 6.03 Å². The molecule has 10 nitrogen and oxygen atoms in total. The lowest BCUT2D eigenvalue weighted by Gasteiger charge is -2.21. The number of carbonyl (C=O) groups is 3. The maximum absolute atomic E-state index is 12.6. The van der Waals surface area contributed by atoms with Gasteiger partial charge in [0.1, 0.15) is 24.5 Å². The van der Waals surface area contributed by atoms with Gasteiger partial charge in [0.05, 0.1) is 0 Å². The zero-order valence-electron chi connectivity index (χ0n) is 14.5. The Morgan fingerprint density at radius 3 is 2.74 bits per heavy atom. The molecule has 1 aromatic heterocycles. The van der Waals surface area contributed by atoms with E-state index in [1.807, 2.05) is 30.3 Å². The van der Waals surface area contributed by atoms with Gasteiger partial charge in [0.2, 0.25) is 0 Å². The summed E-state index contributed by atoms with van der Waals surface area (Å²) in [5.74, 6) is -1.25. The van der Waals surface area contributed by atoms with Gasteiger partial charge in [0.15, 0.2) is 0 Å². The van der Waals surface area contributed by atoms with Crippen LogP contribution >= 0.6 is 0 Å². The molecule has 3 rings (SSSR count). The fourth-order valence-corrected chi connectivity index (χ4v) is 2.72. The van der Waals surface area contributed by atoms with Crippen LogP contribution < -0.4 is 10.7 Å². The first kappa shape index (κ1) is 18.1. The summed E-state index contributed by atoms with van der Waals surface area (Å²) in [5, 5.41) is 15.7. The van der Waals surface area contributed by atoms with Crippen LogP contribution in [0.3, 0.4) is 0 Å². The van der Waals surface area contributed by atoms with Crippen LogP contribution in [0, 0.1) is 11.3 Å². The van der Waals surface area contributed by atoms with Gasteiger partial charge < -0.3 is 5.32 Å². The summed E-state index contributed by atoms with van der Waals surface area (Å²) in [6.07, 6.45) is 2.21. The van der Waals surface area contributed by atoms with E-state index in [2.05, 4.69) is 20.8 Å². The van der Waals surface area contributed by atoms with Crippen LogP contribution in [-0.4, -0.2) is 43.2 Å². The Morgan fingerprint density at radius 2 is 2.07 bits per heavy atom. The molecule has 1 atom stereocenters. The van der Waals surface area contributed by atoms with Crippen molar-refractivity contribution in [2.24, 2.45) is 0 Å². The lowest BCUT2D eigenvalue weighted by atomic mass is 9.93. The molecule has 0 spiro atoms. The van der Waals surface area contributed by atoms with E-state index < -0.39 is 23.4 Å². The third-order valence-electron chi connectivity index (χ3n) is 4.20. The van der Waals surface area contributed by atoms with Crippen molar-refractivity contribution in [2.45, 2.75) is 31.8 Å². The van der Waals surface area contributed by atoms with Crippen LogP contribution in [0.1, 0.15) is 24.7 Å². The molecular formula is C17H17N7O3. The van der Waals surface area contributed by atoms with Gasteiger partial charge in [0, 0.05) is 0 Å². The van der Waals surface area contributed by atoms with Crippen LogP contribution in [0.4, 0.5) is 4.79 Å². The molecule has 1 saturated heterocycles. The number of rotatable bonds is 6. The summed E-state index contributed by atoms with van der Waals surface area (Å²) < 4.78 is 1.14. The number of carbonyl (C=O) groups excluding carboxylic acids is 3. The summed E-state index contributed by atoms with van der Waals surface area (Å²) in [5.41, 5.74) is 2.20. The van der Waals surface area contributed by atoms with E-state index in [1.54, 1.807) is 13.0 Å². The summed E-state index contributed by atoms with van der Waals surface area (Å²) >= 11 is 0. The van der Waals surface area contributed by atoms with Gasteiger partial charge in [0.25, 0.3) is 17.6 Å². The second-order valence-electron chi connectivity index (χ2n) is 6.30. The van der Waals surface area contributed by atoms with Crippen LogP contribution in [0.2, 0.25) is 0 Å². The summed E-state index contributed by atoms with van der Waals surface area (Å²) in [7, 11) is 0. The van der Waals surface area contributed by atoms with Crippen molar-refractivity contribution in [3.8, 4) is 6.07 Å². The fourth-order valence-electron chi connectivity index (χ4n) is 2.72. The molecule has 1 aromatic carbocycles. The highest BCUT2D eigenvalue weighted by Gasteiger charge is 2.48. The SMILES string of the molecule is C[C@]1(CCc2ccccc2)NC(=O)N(NC(=O)Cn2cnc(C#N)n2)C1=O. The van der Waals surface area contributed by atoms with E-state index in [0.29, 0.717) is 17.9 Å². The molecule has 2 aromatic rings. The van der Waals surface area contributed by atoms with Crippen LogP contribution in [0.15, 0.2) is 36.7 Å². The number of nitrogens with one attached hydrogen (secondary N) is 2. The number of benzene rings is 1. The third kappa shape index (κ3) is 3.92. The van der Waals surface area contributed by atoms with Crippen molar-refractivity contribution < 1.29 is 14.4 Å². The minimum atomic E-state index is -1.11. The first-order valence-electron chi connectivity index (χ1n) is 8.21. The molecular weight excluding hydrogens is 350 g/mol. The number of aryl methyl sites for hydroxylation is 1. The Labute approximate surface area is 154 Å². The maximum atomic E-state index is 12.6. The number of imide groups is 1. The molecule has 2 N–H and O–H groups in total. The van der Waals surface area contributed by atoms with E-state index in [9.17, 15) is 14.4 Å². The monoisotopic (exact) mass is 367 g/mol. The topological polar surface area (TPSA) is 133 Å². The molecule has 1 aliphatic heterocycles. The summed E-state index contributed by atoms with van der Waals surface area (Å²) in [6.45, 7) is 1.34. The number of hydrazine groups is 1. The molecule has 27 heavy (non-hydrogen) atoms. The normalized spacial score (nSPS) is 18.9.